The van der Waals surface area contributed by atoms with Gasteiger partial charge in [-0.25, -0.2) is 0 Å². The van der Waals surface area contributed by atoms with E-state index in [0.717, 1.165) is 32.1 Å². The van der Waals surface area contributed by atoms with Crippen LogP contribution in [0.15, 0.2) is 29.3 Å². The van der Waals surface area contributed by atoms with Crippen molar-refractivity contribution in [2.45, 2.75) is 6.42 Å². The molecule has 0 saturated heterocycles. The van der Waals surface area contributed by atoms with Crippen LogP contribution < -0.4 is 15.5 Å². The molecule has 0 radical (unpaired) electrons. The summed E-state index contributed by atoms with van der Waals surface area (Å²) in [6, 6.07) is 8.32. The van der Waals surface area contributed by atoms with Crippen LogP contribution in [-0.4, -0.2) is 25.7 Å². The summed E-state index contributed by atoms with van der Waals surface area (Å²) in [5, 5.41) is 6.69. The lowest BCUT2D eigenvalue weighted by molar-refractivity contribution is 0.727. The average molecular weight is 202 g/mol. The fraction of sp³-hybridized carbons (Fsp3) is 0.364. The highest BCUT2D eigenvalue weighted by atomic mass is 15.4. The van der Waals surface area contributed by atoms with Crippen LogP contribution in [0.1, 0.15) is 6.42 Å². The minimum Gasteiger partial charge on any atom is -0.366 e. The molecule has 78 valence electrons. The van der Waals surface area contributed by atoms with Gasteiger partial charge in [0.2, 0.25) is 0 Å². The molecule has 2 heterocycles. The number of guanidine groups is 1. The fourth-order valence-corrected chi connectivity index (χ4v) is 2.00. The third-order valence-corrected chi connectivity index (χ3v) is 2.76. The van der Waals surface area contributed by atoms with Crippen LogP contribution in [0.25, 0.3) is 0 Å². The van der Waals surface area contributed by atoms with E-state index >= 15 is 0 Å². The van der Waals surface area contributed by atoms with Crippen molar-refractivity contribution in [3.63, 3.8) is 0 Å². The Morgan fingerprint density at radius 1 is 1.20 bits per heavy atom. The molecule has 0 unspecified atom stereocenters. The van der Waals surface area contributed by atoms with Crippen LogP contribution in [0.5, 0.6) is 0 Å². The average Bonchev–Trinajstić information content (AvgIpc) is 2.74. The van der Waals surface area contributed by atoms with Gasteiger partial charge in [-0.1, -0.05) is 12.1 Å². The Kier molecular flexibility index (Phi) is 1.98. The minimum absolute atomic E-state index is 0.811. The van der Waals surface area contributed by atoms with Crippen molar-refractivity contribution in [1.82, 2.24) is 5.32 Å². The number of anilines is 2. The summed E-state index contributed by atoms with van der Waals surface area (Å²) in [5.74, 6) is 0.999. The Bertz CT molecular complexity index is 399. The molecule has 2 aliphatic heterocycles. The molecular weight excluding hydrogens is 188 g/mol. The van der Waals surface area contributed by atoms with Crippen LogP contribution in [0, 0.1) is 0 Å². The summed E-state index contributed by atoms with van der Waals surface area (Å²) in [6.07, 6.45) is 1.13. The maximum Gasteiger partial charge on any atom is 0.200 e. The van der Waals surface area contributed by atoms with E-state index in [4.69, 9.17) is 0 Å². The number of hydrogen-bond donors (Lipinski definition) is 2. The summed E-state index contributed by atoms with van der Waals surface area (Å²) >= 11 is 0. The molecule has 3 rings (SSSR count). The van der Waals surface area contributed by atoms with Gasteiger partial charge >= 0.3 is 0 Å². The maximum atomic E-state index is 4.50. The number of hydrogen-bond acceptors (Lipinski definition) is 4. The monoisotopic (exact) mass is 202 g/mol. The lowest BCUT2D eigenvalue weighted by Crippen LogP contribution is -2.44. The van der Waals surface area contributed by atoms with E-state index in [2.05, 4.69) is 38.7 Å². The molecule has 0 bridgehead atoms. The Hall–Kier alpha value is -1.71. The third-order valence-electron chi connectivity index (χ3n) is 2.76. The third kappa shape index (κ3) is 1.42. The largest absolute Gasteiger partial charge is 0.366 e. The smallest absolute Gasteiger partial charge is 0.200 e. The predicted molar refractivity (Wildman–Crippen MR) is 62.3 cm³/mol. The predicted octanol–water partition coefficient (Wildman–Crippen LogP) is 1.23. The van der Waals surface area contributed by atoms with Crippen LogP contribution in [-0.2, 0) is 0 Å². The molecule has 0 atom stereocenters. The van der Waals surface area contributed by atoms with Gasteiger partial charge in [-0.3, -0.25) is 9.89 Å². The highest BCUT2D eigenvalue weighted by molar-refractivity contribution is 6.01. The van der Waals surface area contributed by atoms with Gasteiger partial charge in [-0.2, -0.15) is 0 Å². The van der Waals surface area contributed by atoms with Crippen molar-refractivity contribution in [3.05, 3.63) is 24.3 Å². The first kappa shape index (κ1) is 8.59. The summed E-state index contributed by atoms with van der Waals surface area (Å²) in [6.45, 7) is 2.77. The molecule has 15 heavy (non-hydrogen) atoms. The second kappa shape index (κ2) is 3.46. The van der Waals surface area contributed by atoms with E-state index in [1.807, 2.05) is 6.07 Å². The molecule has 2 N–H and O–H groups in total. The van der Waals surface area contributed by atoms with Crippen LogP contribution in [0.2, 0.25) is 0 Å². The summed E-state index contributed by atoms with van der Waals surface area (Å²) < 4.78 is 0. The second-order valence-corrected chi connectivity index (χ2v) is 3.77. The standard InChI is InChI=1S/C11H14N4/c1-2-5-10-9(4-1)14-8-15(10)11-12-6-3-7-13-11/h1-2,4-5,14H,3,6-8H2,(H,12,13). The summed E-state index contributed by atoms with van der Waals surface area (Å²) in [7, 11) is 0. The molecule has 4 heteroatoms. The van der Waals surface area contributed by atoms with Crippen molar-refractivity contribution < 1.29 is 0 Å². The molecule has 0 aromatic heterocycles. The Labute approximate surface area is 89.0 Å². The van der Waals surface area contributed by atoms with Crippen molar-refractivity contribution in [1.29, 1.82) is 0 Å². The molecular formula is C11H14N4. The number of benzene rings is 1. The molecule has 2 aliphatic rings. The van der Waals surface area contributed by atoms with Gasteiger partial charge < -0.3 is 10.6 Å². The molecule has 0 spiro atoms. The Morgan fingerprint density at radius 2 is 2.13 bits per heavy atom. The number of nitrogens with one attached hydrogen (secondary N) is 2. The molecule has 1 aromatic rings. The van der Waals surface area contributed by atoms with Crippen LogP contribution in [0.4, 0.5) is 11.4 Å². The van der Waals surface area contributed by atoms with E-state index in [1.54, 1.807) is 0 Å². The summed E-state index contributed by atoms with van der Waals surface area (Å²) in [5.41, 5.74) is 2.40. The first-order valence-corrected chi connectivity index (χ1v) is 5.34. The van der Waals surface area contributed by atoms with Gasteiger partial charge in [0.25, 0.3) is 0 Å². The van der Waals surface area contributed by atoms with Crippen LogP contribution in [0.3, 0.4) is 0 Å². The highest BCUT2D eigenvalue weighted by Crippen LogP contribution is 2.30. The molecule has 1 aromatic carbocycles. The van der Waals surface area contributed by atoms with Gasteiger partial charge in [0.1, 0.15) is 0 Å². The number of nitrogens with zero attached hydrogens (tertiary/aromatic N) is 2. The summed E-state index contributed by atoms with van der Waals surface area (Å²) in [4.78, 5) is 6.69. The maximum absolute atomic E-state index is 4.50. The second-order valence-electron chi connectivity index (χ2n) is 3.77. The Balaban J connectivity index is 1.93. The molecule has 4 nitrogen and oxygen atoms in total. The molecule has 0 saturated carbocycles. The van der Waals surface area contributed by atoms with E-state index < -0.39 is 0 Å². The number of rotatable bonds is 0. The highest BCUT2D eigenvalue weighted by Gasteiger charge is 2.22. The zero-order valence-electron chi connectivity index (χ0n) is 8.53. The van der Waals surface area contributed by atoms with Crippen LogP contribution >= 0.6 is 0 Å². The lowest BCUT2D eigenvalue weighted by atomic mass is 10.2. The molecule has 0 amide bonds. The van der Waals surface area contributed by atoms with E-state index in [9.17, 15) is 0 Å². The first-order chi connectivity index (χ1) is 7.45. The normalized spacial score (nSPS) is 18.9. The van der Waals surface area contributed by atoms with Gasteiger partial charge in [0.15, 0.2) is 5.96 Å². The molecule has 0 aliphatic carbocycles. The van der Waals surface area contributed by atoms with Crippen molar-refractivity contribution in [2.24, 2.45) is 4.99 Å². The van der Waals surface area contributed by atoms with Gasteiger partial charge in [-0.15, -0.1) is 0 Å². The molecule has 0 fully saturated rings. The van der Waals surface area contributed by atoms with Crippen molar-refractivity contribution >= 4 is 17.3 Å². The quantitative estimate of drug-likeness (QED) is 0.664. The van der Waals surface area contributed by atoms with Crippen molar-refractivity contribution in [2.75, 3.05) is 30.0 Å². The number of para-hydroxylation sites is 2. The zero-order valence-corrected chi connectivity index (χ0v) is 8.53. The first-order valence-electron chi connectivity index (χ1n) is 5.34. The van der Waals surface area contributed by atoms with Gasteiger partial charge in [-0.05, 0) is 18.6 Å². The number of fused-ring (bicyclic) bond motifs is 1. The minimum atomic E-state index is 0.811. The SMILES string of the molecule is c1ccc2c(c1)NCN2C1=NCCCN1. The number of aliphatic imine (C=N–C) groups is 1. The zero-order chi connectivity index (χ0) is 10.1. The topological polar surface area (TPSA) is 39.7 Å². The lowest BCUT2D eigenvalue weighted by Gasteiger charge is -2.23. The van der Waals surface area contributed by atoms with E-state index in [0.29, 0.717) is 0 Å². The van der Waals surface area contributed by atoms with Gasteiger partial charge in [0, 0.05) is 13.1 Å². The van der Waals surface area contributed by atoms with E-state index in [-0.39, 0.29) is 0 Å². The fourth-order valence-electron chi connectivity index (χ4n) is 2.00. The Morgan fingerprint density at radius 3 is 3.00 bits per heavy atom. The van der Waals surface area contributed by atoms with E-state index in [1.165, 1.54) is 11.4 Å². The van der Waals surface area contributed by atoms with Crippen molar-refractivity contribution in [3.8, 4) is 0 Å². The van der Waals surface area contributed by atoms with Gasteiger partial charge in [0.05, 0.1) is 18.0 Å².